The number of rotatable bonds is 7. The molecular formula is C21H23Cl2N3O6. The van der Waals surface area contributed by atoms with E-state index in [9.17, 15) is 19.8 Å². The summed E-state index contributed by atoms with van der Waals surface area (Å²) in [5.41, 5.74) is 0.118. The third kappa shape index (κ3) is 5.95. The lowest BCUT2D eigenvalue weighted by Gasteiger charge is -2.28. The van der Waals surface area contributed by atoms with Gasteiger partial charge in [0, 0.05) is 49.4 Å². The molecular weight excluding hydrogens is 461 g/mol. The summed E-state index contributed by atoms with van der Waals surface area (Å²) >= 11 is 12.0. The minimum absolute atomic E-state index is 0.0172. The second kappa shape index (κ2) is 10.7. The molecule has 1 amide bonds. The van der Waals surface area contributed by atoms with Gasteiger partial charge in [-0.1, -0.05) is 23.2 Å². The van der Waals surface area contributed by atoms with E-state index in [-0.39, 0.29) is 45.8 Å². The second-order valence-electron chi connectivity index (χ2n) is 7.19. The van der Waals surface area contributed by atoms with Crippen LogP contribution in [0.25, 0.3) is 0 Å². The number of nitrogens with zero attached hydrogens (tertiary/aromatic N) is 2. The van der Waals surface area contributed by atoms with Crippen molar-refractivity contribution in [1.29, 1.82) is 0 Å². The number of aromatic hydroxyl groups is 2. The highest BCUT2D eigenvalue weighted by Gasteiger charge is 2.23. The van der Waals surface area contributed by atoms with E-state index < -0.39 is 17.8 Å². The van der Waals surface area contributed by atoms with Crippen molar-refractivity contribution in [3.8, 4) is 11.5 Å². The van der Waals surface area contributed by atoms with E-state index in [4.69, 9.17) is 33.0 Å². The number of phenolic OH excluding ortho intramolecular Hbond substituents is 1. The molecule has 9 nitrogen and oxygen atoms in total. The summed E-state index contributed by atoms with van der Waals surface area (Å²) in [6.45, 7) is 3.94. The number of hydrogen-bond acceptors (Lipinski definition) is 7. The van der Waals surface area contributed by atoms with Crippen LogP contribution in [0.5, 0.6) is 11.5 Å². The Morgan fingerprint density at radius 2 is 1.84 bits per heavy atom. The lowest BCUT2D eigenvalue weighted by atomic mass is 10.1. The van der Waals surface area contributed by atoms with Crippen LogP contribution in [0.15, 0.2) is 30.3 Å². The van der Waals surface area contributed by atoms with Crippen LogP contribution < -0.4 is 10.2 Å². The maximum atomic E-state index is 12.9. The van der Waals surface area contributed by atoms with Crippen molar-refractivity contribution < 1.29 is 29.6 Å². The standard InChI is InChI=1S/C21H23Cl2N3O6/c22-14-9-13(19(28)17(23)10-14)12-26(15-1-2-16(20(29)30)18(27)11-15)21(31)32-8-7-25-5-3-24-4-6-25/h1-2,9-11,24,27-28H,3-8,12H2,(H,29,30). The summed E-state index contributed by atoms with van der Waals surface area (Å²) < 4.78 is 5.43. The van der Waals surface area contributed by atoms with Gasteiger partial charge in [0.1, 0.15) is 23.7 Å². The van der Waals surface area contributed by atoms with Gasteiger partial charge in [-0.25, -0.2) is 9.59 Å². The average Bonchev–Trinajstić information content (AvgIpc) is 2.75. The van der Waals surface area contributed by atoms with Crippen molar-refractivity contribution in [3.05, 3.63) is 51.5 Å². The number of amides is 1. The fourth-order valence-electron chi connectivity index (χ4n) is 3.31. The van der Waals surface area contributed by atoms with Crippen LogP contribution in [0.3, 0.4) is 0 Å². The second-order valence-corrected chi connectivity index (χ2v) is 8.04. The molecule has 0 atom stereocenters. The van der Waals surface area contributed by atoms with Crippen LogP contribution in [0.2, 0.25) is 10.0 Å². The summed E-state index contributed by atoms with van der Waals surface area (Å²) in [4.78, 5) is 27.4. The van der Waals surface area contributed by atoms with E-state index >= 15 is 0 Å². The molecule has 1 heterocycles. The highest BCUT2D eigenvalue weighted by Crippen LogP contribution is 2.34. The Morgan fingerprint density at radius 3 is 2.50 bits per heavy atom. The summed E-state index contributed by atoms with van der Waals surface area (Å²) in [5.74, 6) is -2.07. The number of carbonyl (C=O) groups is 2. The van der Waals surface area contributed by atoms with Gasteiger partial charge in [-0.05, 0) is 24.3 Å². The number of aromatic carboxylic acids is 1. The molecule has 1 aliphatic heterocycles. The minimum atomic E-state index is -1.31. The Morgan fingerprint density at radius 1 is 1.12 bits per heavy atom. The predicted octanol–water partition coefficient (Wildman–Crippen LogP) is 3.15. The van der Waals surface area contributed by atoms with Gasteiger partial charge < -0.3 is 25.4 Å². The molecule has 3 rings (SSSR count). The number of carboxylic acids is 1. The fraction of sp³-hybridized carbons (Fsp3) is 0.333. The van der Waals surface area contributed by atoms with Gasteiger partial charge in [0.15, 0.2) is 0 Å². The van der Waals surface area contributed by atoms with E-state index in [0.717, 1.165) is 37.1 Å². The topological polar surface area (TPSA) is 123 Å². The van der Waals surface area contributed by atoms with Crippen LogP contribution >= 0.6 is 23.2 Å². The molecule has 1 saturated heterocycles. The Hall–Kier alpha value is -2.72. The number of benzene rings is 2. The number of carboxylic acid groups (broad SMARTS) is 1. The van der Waals surface area contributed by atoms with Crippen LogP contribution in [0, 0.1) is 0 Å². The Labute approximate surface area is 194 Å². The number of nitrogens with one attached hydrogen (secondary N) is 1. The van der Waals surface area contributed by atoms with Crippen LogP contribution in [-0.4, -0.2) is 71.6 Å². The number of hydrogen-bond donors (Lipinski definition) is 4. The first-order valence-electron chi connectivity index (χ1n) is 9.87. The van der Waals surface area contributed by atoms with Crippen molar-refractivity contribution >= 4 is 41.0 Å². The fourth-order valence-corrected chi connectivity index (χ4v) is 3.85. The molecule has 0 saturated carbocycles. The van der Waals surface area contributed by atoms with Crippen molar-refractivity contribution in [2.24, 2.45) is 0 Å². The molecule has 0 aromatic heterocycles. The summed E-state index contributed by atoms with van der Waals surface area (Å²) in [7, 11) is 0. The first-order valence-corrected chi connectivity index (χ1v) is 10.6. The van der Waals surface area contributed by atoms with Gasteiger partial charge in [-0.15, -0.1) is 0 Å². The molecule has 2 aromatic rings. The number of ether oxygens (including phenoxy) is 1. The highest BCUT2D eigenvalue weighted by atomic mass is 35.5. The molecule has 0 aliphatic carbocycles. The summed E-state index contributed by atoms with van der Waals surface area (Å²) in [5, 5.41) is 33.1. The summed E-state index contributed by atoms with van der Waals surface area (Å²) in [6.07, 6.45) is -0.738. The van der Waals surface area contributed by atoms with Gasteiger partial charge >= 0.3 is 12.1 Å². The summed E-state index contributed by atoms with van der Waals surface area (Å²) in [6, 6.07) is 6.51. The number of phenols is 2. The van der Waals surface area contributed by atoms with Gasteiger partial charge in [0.25, 0.3) is 0 Å². The van der Waals surface area contributed by atoms with E-state index in [2.05, 4.69) is 10.2 Å². The molecule has 11 heteroatoms. The third-order valence-electron chi connectivity index (χ3n) is 5.02. The largest absolute Gasteiger partial charge is 0.507 e. The van der Waals surface area contributed by atoms with Gasteiger partial charge in [-0.3, -0.25) is 9.80 Å². The third-order valence-corrected chi connectivity index (χ3v) is 5.53. The highest BCUT2D eigenvalue weighted by molar-refractivity contribution is 6.35. The number of anilines is 1. The molecule has 0 radical (unpaired) electrons. The first-order chi connectivity index (χ1) is 15.3. The van der Waals surface area contributed by atoms with E-state index in [1.807, 2.05) is 0 Å². The molecule has 0 spiro atoms. The Kier molecular flexibility index (Phi) is 8.03. The van der Waals surface area contributed by atoms with Crippen LogP contribution in [0.4, 0.5) is 10.5 Å². The SMILES string of the molecule is O=C(O)c1ccc(N(Cc2cc(Cl)cc(Cl)c2O)C(=O)OCCN2CCNCC2)cc1O. The van der Waals surface area contributed by atoms with E-state index in [1.54, 1.807) is 0 Å². The van der Waals surface area contributed by atoms with Crippen LogP contribution in [0.1, 0.15) is 15.9 Å². The maximum Gasteiger partial charge on any atom is 0.414 e. The van der Waals surface area contributed by atoms with Crippen molar-refractivity contribution in [2.75, 3.05) is 44.2 Å². The maximum absolute atomic E-state index is 12.9. The monoisotopic (exact) mass is 483 g/mol. The lowest BCUT2D eigenvalue weighted by molar-refractivity contribution is 0.0693. The molecule has 2 aromatic carbocycles. The zero-order valence-electron chi connectivity index (χ0n) is 17.1. The number of piperazine rings is 1. The first kappa shape index (κ1) is 23.9. The molecule has 0 bridgehead atoms. The van der Waals surface area contributed by atoms with E-state index in [1.165, 1.54) is 24.3 Å². The molecule has 32 heavy (non-hydrogen) atoms. The number of halogens is 2. The number of carbonyl (C=O) groups excluding carboxylic acids is 1. The van der Waals surface area contributed by atoms with Crippen molar-refractivity contribution in [2.45, 2.75) is 6.54 Å². The molecule has 0 unspecified atom stereocenters. The van der Waals surface area contributed by atoms with Crippen molar-refractivity contribution in [3.63, 3.8) is 0 Å². The molecule has 1 aliphatic rings. The van der Waals surface area contributed by atoms with Gasteiger partial charge in [0.05, 0.1) is 17.3 Å². The Bertz CT molecular complexity index is 998. The minimum Gasteiger partial charge on any atom is -0.507 e. The smallest absolute Gasteiger partial charge is 0.414 e. The molecule has 1 fully saturated rings. The normalized spacial score (nSPS) is 14.2. The zero-order chi connectivity index (χ0) is 23.3. The van der Waals surface area contributed by atoms with Gasteiger partial charge in [0.2, 0.25) is 0 Å². The van der Waals surface area contributed by atoms with Crippen LogP contribution in [-0.2, 0) is 11.3 Å². The predicted molar refractivity (Wildman–Crippen MR) is 120 cm³/mol. The van der Waals surface area contributed by atoms with E-state index in [0.29, 0.717) is 6.54 Å². The van der Waals surface area contributed by atoms with Gasteiger partial charge in [-0.2, -0.15) is 0 Å². The average molecular weight is 484 g/mol. The molecule has 4 N–H and O–H groups in total. The molecule has 172 valence electrons. The lowest BCUT2D eigenvalue weighted by Crippen LogP contribution is -2.45. The quantitative estimate of drug-likeness (QED) is 0.473. The Balaban J connectivity index is 1.82. The van der Waals surface area contributed by atoms with Crippen molar-refractivity contribution in [1.82, 2.24) is 10.2 Å². The zero-order valence-corrected chi connectivity index (χ0v) is 18.6.